The molecule has 2 rings (SSSR count). The molecule has 2 aliphatic carbocycles. The molecule has 23 heavy (non-hydrogen) atoms. The van der Waals surface area contributed by atoms with Gasteiger partial charge in [-0.25, -0.2) is 0 Å². The standard InChI is InChI=1S/2C10H15.C2H5.Ti/c2*1-6-7(2)9(4)10(5)8(6)3;1-2;/h2*1-5H3;1H2,2H3;/q;;-1;. The van der Waals surface area contributed by atoms with Crippen molar-refractivity contribution >= 4 is 0 Å². The van der Waals surface area contributed by atoms with E-state index < -0.39 is 0 Å². The maximum Gasteiger partial charge on any atom is 0 e. The Bertz CT molecular complexity index is 181. The van der Waals surface area contributed by atoms with Gasteiger partial charge < -0.3 is 6.92 Å². The van der Waals surface area contributed by atoms with Gasteiger partial charge in [0.05, 0.1) is 0 Å². The zero-order valence-electron chi connectivity index (χ0n) is 17.2. The number of hydrogen-bond acceptors (Lipinski definition) is 0. The van der Waals surface area contributed by atoms with Gasteiger partial charge in [0, 0.05) is 21.7 Å². The summed E-state index contributed by atoms with van der Waals surface area (Å²) >= 11 is 0. The van der Waals surface area contributed by atoms with Gasteiger partial charge in [0.15, 0.2) is 0 Å². The van der Waals surface area contributed by atoms with Gasteiger partial charge in [0.25, 0.3) is 0 Å². The first-order chi connectivity index (χ1) is 10.1. The molecule has 0 aliphatic heterocycles. The molecule has 0 aromatic carbocycles. The molecule has 0 heterocycles. The van der Waals surface area contributed by atoms with Crippen LogP contribution in [0.5, 0.6) is 0 Å². The molecule has 0 nitrogen and oxygen atoms in total. The minimum Gasteiger partial charge on any atom is -0.346 e. The number of rotatable bonds is 0. The molecule has 0 N–H and O–H groups in total. The quantitative estimate of drug-likeness (QED) is 0.334. The van der Waals surface area contributed by atoms with Crippen molar-refractivity contribution < 1.29 is 21.7 Å². The summed E-state index contributed by atoms with van der Waals surface area (Å²) in [6, 6.07) is 0. The first-order valence-corrected chi connectivity index (χ1v) is 8.21. The van der Waals surface area contributed by atoms with E-state index in [9.17, 15) is 0 Å². The molecule has 0 atom stereocenters. The summed E-state index contributed by atoms with van der Waals surface area (Å²) < 4.78 is 0. The van der Waals surface area contributed by atoms with Crippen molar-refractivity contribution in [1.82, 2.24) is 0 Å². The smallest absolute Gasteiger partial charge is 0 e. The molecule has 0 spiro atoms. The molecule has 0 saturated heterocycles. The van der Waals surface area contributed by atoms with Crippen LogP contribution in [0.3, 0.4) is 0 Å². The van der Waals surface area contributed by atoms with E-state index in [1.54, 1.807) is 6.92 Å². The first-order valence-electron chi connectivity index (χ1n) is 8.21. The summed E-state index contributed by atoms with van der Waals surface area (Å²) in [6.07, 6.45) is 0. The summed E-state index contributed by atoms with van der Waals surface area (Å²) in [7, 11) is 0. The van der Waals surface area contributed by atoms with E-state index in [0.29, 0.717) is 0 Å². The van der Waals surface area contributed by atoms with Crippen LogP contribution >= 0.6 is 0 Å². The molecule has 128 valence electrons. The second-order valence-corrected chi connectivity index (χ2v) is 6.25. The second kappa shape index (κ2) is 11.4. The van der Waals surface area contributed by atoms with Crippen LogP contribution in [0.15, 0.2) is 0 Å². The van der Waals surface area contributed by atoms with Crippen LogP contribution in [0.1, 0.15) is 76.2 Å². The van der Waals surface area contributed by atoms with Crippen LogP contribution in [-0.2, 0) is 21.7 Å². The van der Waals surface area contributed by atoms with Crippen molar-refractivity contribution in [2.24, 2.45) is 0 Å². The normalized spacial score (nSPS) is 25.0. The van der Waals surface area contributed by atoms with Crippen molar-refractivity contribution in [2.45, 2.75) is 76.2 Å². The maximum absolute atomic E-state index is 3.25. The van der Waals surface area contributed by atoms with Crippen molar-refractivity contribution in [3.63, 3.8) is 0 Å². The average Bonchev–Trinajstić information content (AvgIpc) is 2.81. The maximum atomic E-state index is 3.25. The minimum absolute atomic E-state index is 0. The van der Waals surface area contributed by atoms with E-state index in [2.05, 4.69) is 76.2 Å². The summed E-state index contributed by atoms with van der Waals surface area (Å²) in [5, 5.41) is 0. The van der Waals surface area contributed by atoms with E-state index in [0.717, 1.165) is 0 Å². The van der Waals surface area contributed by atoms with Crippen LogP contribution in [0.25, 0.3) is 0 Å². The molecule has 1 heteroatoms. The minimum atomic E-state index is 0. The third-order valence-electron chi connectivity index (χ3n) is 5.62. The van der Waals surface area contributed by atoms with Gasteiger partial charge in [-0.3, -0.25) is 0 Å². The van der Waals surface area contributed by atoms with Crippen molar-refractivity contribution in [3.8, 4) is 0 Å². The van der Waals surface area contributed by atoms with Gasteiger partial charge in [-0.05, 0) is 59.2 Å². The fraction of sp³-hybridized carbons (Fsp3) is 0.500. The molecule has 10 radical (unpaired) electrons. The van der Waals surface area contributed by atoms with Gasteiger partial charge >= 0.3 is 0 Å². The van der Waals surface area contributed by atoms with E-state index in [-0.39, 0.29) is 21.7 Å². The van der Waals surface area contributed by atoms with Crippen molar-refractivity contribution in [1.29, 1.82) is 0 Å². The SMILES string of the molecule is C[C]1[C](C)[C](C)[C](C)[C]1C.C[C]1[C](C)[C](C)[C](C)[C]1C.[CH2-]C.[Ti]. The molecule has 0 bridgehead atoms. The van der Waals surface area contributed by atoms with Crippen LogP contribution in [0.2, 0.25) is 0 Å². The Hall–Kier alpha value is 0.714. The van der Waals surface area contributed by atoms with Gasteiger partial charge in [-0.2, -0.15) is 6.92 Å². The first kappa shape index (κ1) is 25.9. The van der Waals surface area contributed by atoms with Crippen LogP contribution in [0, 0.1) is 66.1 Å². The Morgan fingerprint density at radius 2 is 0.348 bits per heavy atom. The summed E-state index contributed by atoms with van der Waals surface area (Å²) in [4.78, 5) is 0. The summed E-state index contributed by atoms with van der Waals surface area (Å²) in [6.45, 7) is 27.0. The Balaban J connectivity index is 0. The summed E-state index contributed by atoms with van der Waals surface area (Å²) in [5.74, 6) is 14.7. The topological polar surface area (TPSA) is 0 Å². The Kier molecular flexibility index (Phi) is 12.8. The van der Waals surface area contributed by atoms with Crippen molar-refractivity contribution in [3.05, 3.63) is 66.1 Å². The molecule has 0 amide bonds. The molecular weight excluding hydrogens is 312 g/mol. The Morgan fingerprint density at radius 3 is 0.391 bits per heavy atom. The molecular formula is C22H35Ti-. The van der Waals surface area contributed by atoms with Crippen LogP contribution < -0.4 is 0 Å². The molecule has 0 aromatic rings. The second-order valence-electron chi connectivity index (χ2n) is 6.25. The predicted molar refractivity (Wildman–Crippen MR) is 100 cm³/mol. The van der Waals surface area contributed by atoms with Crippen LogP contribution in [-0.4, -0.2) is 0 Å². The van der Waals surface area contributed by atoms with Gasteiger partial charge in [0.1, 0.15) is 0 Å². The zero-order valence-corrected chi connectivity index (χ0v) is 18.8. The predicted octanol–water partition coefficient (Wildman–Crippen LogP) is 6.78. The van der Waals surface area contributed by atoms with Crippen molar-refractivity contribution in [2.75, 3.05) is 0 Å². The van der Waals surface area contributed by atoms with E-state index in [1.165, 1.54) is 59.2 Å². The molecule has 0 aromatic heterocycles. The van der Waals surface area contributed by atoms with Gasteiger partial charge in [0.2, 0.25) is 0 Å². The van der Waals surface area contributed by atoms with E-state index >= 15 is 0 Å². The molecule has 2 fully saturated rings. The third kappa shape index (κ3) is 5.88. The molecule has 0 unspecified atom stereocenters. The fourth-order valence-electron chi connectivity index (χ4n) is 2.81. The fourth-order valence-corrected chi connectivity index (χ4v) is 2.81. The van der Waals surface area contributed by atoms with E-state index in [1.807, 2.05) is 0 Å². The molecule has 2 aliphatic rings. The Labute approximate surface area is 163 Å². The van der Waals surface area contributed by atoms with E-state index in [4.69, 9.17) is 0 Å². The Morgan fingerprint density at radius 1 is 0.304 bits per heavy atom. The monoisotopic (exact) mass is 347 g/mol. The summed E-state index contributed by atoms with van der Waals surface area (Å²) in [5.41, 5.74) is 0. The third-order valence-corrected chi connectivity index (χ3v) is 5.62. The molecule has 2 saturated carbocycles. The van der Waals surface area contributed by atoms with Crippen LogP contribution in [0.4, 0.5) is 0 Å². The largest absolute Gasteiger partial charge is 0.346 e. The van der Waals surface area contributed by atoms with Gasteiger partial charge in [-0.15, -0.1) is 0 Å². The zero-order chi connectivity index (χ0) is 17.8. The average molecular weight is 347 g/mol. The van der Waals surface area contributed by atoms with Gasteiger partial charge in [-0.1, -0.05) is 69.2 Å². The number of hydrogen-bond donors (Lipinski definition) is 0.